The minimum absolute atomic E-state index is 0.129. The number of aliphatic carboxylic acids is 1. The molecule has 11 heteroatoms. The second-order valence-corrected chi connectivity index (χ2v) is 8.35. The van der Waals surface area contributed by atoms with Crippen molar-refractivity contribution in [3.63, 3.8) is 0 Å². The van der Waals surface area contributed by atoms with Gasteiger partial charge in [0, 0.05) is 30.6 Å². The molecule has 1 atom stereocenters. The van der Waals surface area contributed by atoms with Crippen LogP contribution in [0, 0.1) is 0 Å². The molecule has 0 aliphatic carbocycles. The number of H-pyrrole nitrogens is 1. The van der Waals surface area contributed by atoms with Crippen LogP contribution in [0.15, 0.2) is 24.4 Å². The lowest BCUT2D eigenvalue weighted by atomic mass is 10.1. The van der Waals surface area contributed by atoms with E-state index >= 15 is 0 Å². The maximum absolute atomic E-state index is 12.8. The molecule has 1 amide bonds. The van der Waals surface area contributed by atoms with Crippen LogP contribution >= 0.6 is 0 Å². The SMILES string of the molecule is CS(=O)(=O)N(CC(=O)O)C[C@@H]1CN(C(=O)c2ccc3[nH]ncc3c2)CCO1. The number of benzene rings is 1. The third-order valence-electron chi connectivity index (χ3n) is 4.30. The minimum Gasteiger partial charge on any atom is -0.480 e. The Bertz CT molecular complexity index is 957. The van der Waals surface area contributed by atoms with Gasteiger partial charge in [0.15, 0.2) is 0 Å². The number of fused-ring (bicyclic) bond motifs is 1. The first-order valence-corrected chi connectivity index (χ1v) is 10.1. The fourth-order valence-electron chi connectivity index (χ4n) is 2.97. The fourth-order valence-corrected chi connectivity index (χ4v) is 3.75. The standard InChI is InChI=1S/C16H20N4O6S/c1-27(24,25)20(10-15(21)22)9-13-8-19(4-5-26-13)16(23)11-2-3-14-12(6-11)7-17-18-14/h2-3,6-7,13H,4-5,8-10H2,1H3,(H,17,18)(H,21,22)/t13-/m0/s1. The number of amides is 1. The third-order valence-corrected chi connectivity index (χ3v) is 5.52. The van der Waals surface area contributed by atoms with Crippen molar-refractivity contribution in [2.75, 3.05) is 39.0 Å². The molecule has 1 aromatic heterocycles. The minimum atomic E-state index is -3.71. The Morgan fingerprint density at radius 3 is 2.93 bits per heavy atom. The number of carbonyl (C=O) groups excluding carboxylic acids is 1. The quantitative estimate of drug-likeness (QED) is 0.688. The molecule has 2 N–H and O–H groups in total. The van der Waals surface area contributed by atoms with Crippen molar-refractivity contribution in [1.29, 1.82) is 0 Å². The Kier molecular flexibility index (Phi) is 5.44. The average Bonchev–Trinajstić information content (AvgIpc) is 3.07. The van der Waals surface area contributed by atoms with Crippen molar-refractivity contribution in [1.82, 2.24) is 19.4 Å². The summed E-state index contributed by atoms with van der Waals surface area (Å²) in [7, 11) is -3.71. The number of carbonyl (C=O) groups is 2. The predicted molar refractivity (Wildman–Crippen MR) is 95.8 cm³/mol. The van der Waals surface area contributed by atoms with Gasteiger partial charge in [-0.2, -0.15) is 9.40 Å². The van der Waals surface area contributed by atoms with Crippen LogP contribution < -0.4 is 0 Å². The summed E-state index contributed by atoms with van der Waals surface area (Å²) < 4.78 is 30.0. The Hall–Kier alpha value is -2.50. The molecule has 1 aliphatic rings. The second kappa shape index (κ2) is 7.62. The molecule has 1 fully saturated rings. The predicted octanol–water partition coefficient (Wildman–Crippen LogP) is -0.250. The Morgan fingerprint density at radius 2 is 2.22 bits per heavy atom. The highest BCUT2D eigenvalue weighted by Gasteiger charge is 2.30. The second-order valence-electron chi connectivity index (χ2n) is 6.37. The van der Waals surface area contributed by atoms with Gasteiger partial charge in [0.2, 0.25) is 10.0 Å². The summed E-state index contributed by atoms with van der Waals surface area (Å²) in [6.45, 7) is 0.0129. The van der Waals surface area contributed by atoms with E-state index in [1.807, 2.05) is 0 Å². The van der Waals surface area contributed by atoms with E-state index in [-0.39, 0.29) is 25.6 Å². The van der Waals surface area contributed by atoms with Crippen LogP contribution in [-0.4, -0.2) is 89.9 Å². The van der Waals surface area contributed by atoms with Gasteiger partial charge in [-0.3, -0.25) is 14.7 Å². The van der Waals surface area contributed by atoms with E-state index in [0.717, 1.165) is 21.5 Å². The number of carboxylic acid groups (broad SMARTS) is 1. The molecule has 2 heterocycles. The average molecular weight is 396 g/mol. The van der Waals surface area contributed by atoms with Crippen LogP contribution in [0.1, 0.15) is 10.4 Å². The molecule has 1 saturated heterocycles. The first-order valence-electron chi connectivity index (χ1n) is 8.25. The van der Waals surface area contributed by atoms with E-state index in [0.29, 0.717) is 12.1 Å². The van der Waals surface area contributed by atoms with E-state index in [4.69, 9.17) is 9.84 Å². The molecule has 10 nitrogen and oxygen atoms in total. The molecule has 2 aromatic rings. The lowest BCUT2D eigenvalue weighted by molar-refractivity contribution is -0.137. The van der Waals surface area contributed by atoms with Crippen molar-refractivity contribution in [2.24, 2.45) is 0 Å². The first kappa shape index (κ1) is 19.3. The lowest BCUT2D eigenvalue weighted by Gasteiger charge is -2.35. The number of sulfonamides is 1. The van der Waals surface area contributed by atoms with Gasteiger partial charge >= 0.3 is 5.97 Å². The number of aromatic nitrogens is 2. The number of carboxylic acids is 1. The highest BCUT2D eigenvalue weighted by molar-refractivity contribution is 7.88. The topological polar surface area (TPSA) is 133 Å². The number of nitrogens with one attached hydrogen (secondary N) is 1. The number of aromatic amines is 1. The van der Waals surface area contributed by atoms with E-state index in [1.165, 1.54) is 0 Å². The molecule has 1 aromatic carbocycles. The van der Waals surface area contributed by atoms with Crippen molar-refractivity contribution >= 4 is 32.8 Å². The Labute approximate surface area is 155 Å². The molecule has 0 spiro atoms. The van der Waals surface area contributed by atoms with Crippen molar-refractivity contribution in [2.45, 2.75) is 6.10 Å². The lowest BCUT2D eigenvalue weighted by Crippen LogP contribution is -2.51. The van der Waals surface area contributed by atoms with Gasteiger partial charge < -0.3 is 14.7 Å². The van der Waals surface area contributed by atoms with E-state index in [2.05, 4.69) is 10.2 Å². The van der Waals surface area contributed by atoms with E-state index in [9.17, 15) is 18.0 Å². The molecule has 0 unspecified atom stereocenters. The van der Waals surface area contributed by atoms with Crippen LogP contribution in [0.25, 0.3) is 10.9 Å². The van der Waals surface area contributed by atoms with Crippen LogP contribution in [0.3, 0.4) is 0 Å². The number of ether oxygens (including phenoxy) is 1. The third kappa shape index (κ3) is 4.62. The molecular weight excluding hydrogens is 376 g/mol. The van der Waals surface area contributed by atoms with Crippen molar-refractivity contribution < 1.29 is 27.9 Å². The summed E-state index contributed by atoms with van der Waals surface area (Å²) in [5.74, 6) is -1.45. The normalized spacial score (nSPS) is 18.1. The summed E-state index contributed by atoms with van der Waals surface area (Å²) >= 11 is 0. The van der Waals surface area contributed by atoms with Crippen molar-refractivity contribution in [3.05, 3.63) is 30.0 Å². The summed E-state index contributed by atoms with van der Waals surface area (Å²) in [5, 5.41) is 16.5. The van der Waals surface area contributed by atoms with Crippen LogP contribution in [-0.2, 0) is 19.6 Å². The number of morpholine rings is 1. The zero-order valence-electron chi connectivity index (χ0n) is 14.7. The fraction of sp³-hybridized carbons (Fsp3) is 0.438. The van der Waals surface area contributed by atoms with E-state index in [1.54, 1.807) is 29.3 Å². The van der Waals surface area contributed by atoms with E-state index < -0.39 is 28.6 Å². The van der Waals surface area contributed by atoms with Crippen LogP contribution in [0.4, 0.5) is 0 Å². The maximum atomic E-state index is 12.8. The highest BCUT2D eigenvalue weighted by atomic mass is 32.2. The Morgan fingerprint density at radius 1 is 1.44 bits per heavy atom. The van der Waals surface area contributed by atoms with Crippen molar-refractivity contribution in [3.8, 4) is 0 Å². The summed E-state index contributed by atoms with van der Waals surface area (Å²) in [6, 6.07) is 5.20. The molecule has 27 heavy (non-hydrogen) atoms. The summed E-state index contributed by atoms with van der Waals surface area (Å²) in [6.07, 6.45) is 1.97. The van der Waals surface area contributed by atoms with Gasteiger partial charge in [-0.1, -0.05) is 0 Å². The molecule has 1 aliphatic heterocycles. The molecular formula is C16H20N4O6S. The van der Waals surface area contributed by atoms with Gasteiger partial charge in [-0.05, 0) is 18.2 Å². The van der Waals surface area contributed by atoms with Gasteiger partial charge in [0.05, 0.1) is 30.7 Å². The van der Waals surface area contributed by atoms with Gasteiger partial charge in [0.1, 0.15) is 6.54 Å². The highest BCUT2D eigenvalue weighted by Crippen LogP contribution is 2.17. The smallest absolute Gasteiger partial charge is 0.318 e. The van der Waals surface area contributed by atoms with Crippen LogP contribution in [0.5, 0.6) is 0 Å². The van der Waals surface area contributed by atoms with Gasteiger partial charge in [-0.15, -0.1) is 0 Å². The molecule has 0 saturated carbocycles. The maximum Gasteiger partial charge on any atom is 0.318 e. The zero-order chi connectivity index (χ0) is 19.6. The number of nitrogens with zero attached hydrogens (tertiary/aromatic N) is 3. The Balaban J connectivity index is 1.71. The summed E-state index contributed by atoms with van der Waals surface area (Å²) in [4.78, 5) is 25.3. The van der Waals surface area contributed by atoms with Gasteiger partial charge in [0.25, 0.3) is 5.91 Å². The number of hydrogen-bond donors (Lipinski definition) is 2. The first-order chi connectivity index (χ1) is 12.7. The van der Waals surface area contributed by atoms with Gasteiger partial charge in [-0.25, -0.2) is 8.42 Å². The largest absolute Gasteiger partial charge is 0.480 e. The molecule has 146 valence electrons. The molecule has 3 rings (SSSR count). The molecule has 0 radical (unpaired) electrons. The number of hydrogen-bond acceptors (Lipinski definition) is 6. The van der Waals surface area contributed by atoms with Crippen LogP contribution in [0.2, 0.25) is 0 Å². The molecule has 0 bridgehead atoms. The monoisotopic (exact) mass is 396 g/mol. The summed E-state index contributed by atoms with van der Waals surface area (Å²) in [5.41, 5.74) is 1.32. The zero-order valence-corrected chi connectivity index (χ0v) is 15.5. The number of rotatable bonds is 6.